The summed E-state index contributed by atoms with van der Waals surface area (Å²) in [6.07, 6.45) is -2.07. The number of nitrogens with one attached hydrogen (secondary N) is 1. The predicted molar refractivity (Wildman–Crippen MR) is 85.1 cm³/mol. The fraction of sp³-hybridized carbons (Fsp3) is 0.812. The van der Waals surface area contributed by atoms with E-state index in [4.69, 9.17) is 4.74 Å². The lowest BCUT2D eigenvalue weighted by Gasteiger charge is -2.31. The molecule has 1 rings (SSSR count). The van der Waals surface area contributed by atoms with Gasteiger partial charge in [-0.3, -0.25) is 4.79 Å². The first-order valence-electron chi connectivity index (χ1n) is 7.87. The number of esters is 1. The third-order valence-electron chi connectivity index (χ3n) is 3.48. The maximum Gasteiger partial charge on any atom is 0.408 e. The van der Waals surface area contributed by atoms with Gasteiger partial charge in [-0.2, -0.15) is 0 Å². The van der Waals surface area contributed by atoms with Crippen LogP contribution in [-0.4, -0.2) is 59.9 Å². The van der Waals surface area contributed by atoms with E-state index in [0.717, 1.165) is 0 Å². The molecule has 1 heterocycles. The fourth-order valence-electron chi connectivity index (χ4n) is 2.52. The van der Waals surface area contributed by atoms with E-state index in [1.54, 1.807) is 34.6 Å². The van der Waals surface area contributed by atoms with Gasteiger partial charge in [-0.05, 0) is 34.6 Å². The van der Waals surface area contributed by atoms with Gasteiger partial charge in [0.1, 0.15) is 17.8 Å². The number of amides is 2. The van der Waals surface area contributed by atoms with Crippen molar-refractivity contribution >= 4 is 18.0 Å². The van der Waals surface area contributed by atoms with E-state index in [0.29, 0.717) is 0 Å². The first-order chi connectivity index (χ1) is 10.8. The summed E-state index contributed by atoms with van der Waals surface area (Å²) in [4.78, 5) is 37.2. The second-order valence-electron chi connectivity index (χ2n) is 7.61. The maximum absolute atomic E-state index is 13.6. The van der Waals surface area contributed by atoms with Crippen LogP contribution in [0.5, 0.6) is 0 Å². The highest BCUT2D eigenvalue weighted by Crippen LogP contribution is 2.24. The lowest BCUT2D eigenvalue weighted by molar-refractivity contribution is -0.151. The van der Waals surface area contributed by atoms with Crippen molar-refractivity contribution in [3.8, 4) is 0 Å². The Labute approximate surface area is 141 Å². The molecule has 1 fully saturated rings. The van der Waals surface area contributed by atoms with E-state index in [1.807, 2.05) is 0 Å². The van der Waals surface area contributed by atoms with Crippen LogP contribution in [0.4, 0.5) is 9.18 Å². The first kappa shape index (κ1) is 20.2. The number of alkyl halides is 1. The number of ether oxygens (including phenoxy) is 2. The molecule has 7 nitrogen and oxygen atoms in total. The highest BCUT2D eigenvalue weighted by atomic mass is 19.1. The zero-order valence-electron chi connectivity index (χ0n) is 15.1. The van der Waals surface area contributed by atoms with Crippen molar-refractivity contribution in [3.05, 3.63) is 0 Å². The fourth-order valence-corrected chi connectivity index (χ4v) is 2.52. The van der Waals surface area contributed by atoms with Crippen molar-refractivity contribution in [3.63, 3.8) is 0 Å². The molecule has 2 atom stereocenters. The number of likely N-dealkylation sites (tertiary alicyclic amines) is 1. The molecule has 1 aliphatic rings. The Morgan fingerprint density at radius 3 is 2.29 bits per heavy atom. The minimum absolute atomic E-state index is 0.0711. The molecule has 8 heteroatoms. The van der Waals surface area contributed by atoms with Crippen LogP contribution >= 0.6 is 0 Å². The van der Waals surface area contributed by atoms with E-state index >= 15 is 0 Å². The summed E-state index contributed by atoms with van der Waals surface area (Å²) in [6, 6.07) is -0.921. The molecule has 0 aromatic carbocycles. The summed E-state index contributed by atoms with van der Waals surface area (Å²) in [5, 5.41) is 2.62. The quantitative estimate of drug-likeness (QED) is 0.785. The zero-order valence-corrected chi connectivity index (χ0v) is 15.1. The number of carbonyl (C=O) groups excluding carboxylic acids is 3. The Morgan fingerprint density at radius 1 is 1.21 bits per heavy atom. The van der Waals surface area contributed by atoms with Crippen molar-refractivity contribution in [1.29, 1.82) is 0 Å². The normalized spacial score (nSPS) is 21.4. The lowest BCUT2D eigenvalue weighted by Crippen LogP contribution is -2.50. The molecule has 0 unspecified atom stereocenters. The van der Waals surface area contributed by atoms with Crippen molar-refractivity contribution in [2.24, 2.45) is 0 Å². The largest absolute Gasteiger partial charge is 0.467 e. The second-order valence-corrected chi connectivity index (χ2v) is 7.61. The number of hydrogen-bond donors (Lipinski definition) is 1. The van der Waals surface area contributed by atoms with Crippen molar-refractivity contribution in [2.75, 3.05) is 13.7 Å². The van der Waals surface area contributed by atoms with Crippen LogP contribution in [0.1, 0.15) is 47.5 Å². The Bertz CT molecular complexity index is 501. The molecule has 0 aromatic rings. The van der Waals surface area contributed by atoms with Gasteiger partial charge < -0.3 is 19.7 Å². The van der Waals surface area contributed by atoms with Crippen molar-refractivity contribution < 1.29 is 28.2 Å². The number of carbonyl (C=O) groups is 3. The van der Waals surface area contributed by atoms with Gasteiger partial charge in [-0.25, -0.2) is 14.0 Å². The van der Waals surface area contributed by atoms with Crippen LogP contribution in [0.2, 0.25) is 0 Å². The minimum atomic E-state index is -1.26. The molecule has 138 valence electrons. The molecule has 24 heavy (non-hydrogen) atoms. The van der Waals surface area contributed by atoms with E-state index in [9.17, 15) is 18.8 Å². The first-order valence-corrected chi connectivity index (χ1v) is 7.87. The molecular weight excluding hydrogens is 319 g/mol. The zero-order chi connectivity index (χ0) is 18.7. The van der Waals surface area contributed by atoms with Crippen LogP contribution in [0.15, 0.2) is 0 Å². The molecule has 1 saturated heterocycles. The smallest absolute Gasteiger partial charge is 0.408 e. The van der Waals surface area contributed by atoms with Gasteiger partial charge in [0.15, 0.2) is 0 Å². The standard InChI is InChI=1S/C16H27FN2O5/c1-15(2,3)24-14(22)18-16(4,5)8-12(20)19-9-10(17)7-11(19)13(21)23-6/h10-11H,7-9H2,1-6H3,(H,18,22)/t10-,11+/m1/s1. The molecule has 0 radical (unpaired) electrons. The molecule has 2 amide bonds. The Balaban J connectivity index is 2.70. The van der Waals surface area contributed by atoms with Crippen LogP contribution in [0.25, 0.3) is 0 Å². The third kappa shape index (κ3) is 5.98. The molecule has 0 saturated carbocycles. The summed E-state index contributed by atoms with van der Waals surface area (Å²) in [6.45, 7) is 8.36. The summed E-state index contributed by atoms with van der Waals surface area (Å²) in [7, 11) is 1.20. The Hall–Kier alpha value is -1.86. The van der Waals surface area contributed by atoms with E-state index in [1.165, 1.54) is 12.0 Å². The maximum atomic E-state index is 13.6. The highest BCUT2D eigenvalue weighted by Gasteiger charge is 2.42. The highest BCUT2D eigenvalue weighted by molar-refractivity contribution is 5.86. The van der Waals surface area contributed by atoms with Gasteiger partial charge in [-0.15, -0.1) is 0 Å². The van der Waals surface area contributed by atoms with Gasteiger partial charge in [0.2, 0.25) is 5.91 Å². The third-order valence-corrected chi connectivity index (χ3v) is 3.48. The molecule has 0 bridgehead atoms. The monoisotopic (exact) mass is 346 g/mol. The second kappa shape index (κ2) is 7.36. The molecule has 0 spiro atoms. The number of rotatable bonds is 4. The SMILES string of the molecule is COC(=O)[C@@H]1C[C@@H](F)CN1C(=O)CC(C)(C)NC(=O)OC(C)(C)C. The van der Waals surface area contributed by atoms with Gasteiger partial charge in [0, 0.05) is 18.4 Å². The molecule has 0 aliphatic carbocycles. The van der Waals surface area contributed by atoms with E-state index in [2.05, 4.69) is 10.1 Å². The molecule has 1 N–H and O–H groups in total. The average molecular weight is 346 g/mol. The number of methoxy groups -OCH3 is 1. The Kier molecular flexibility index (Phi) is 6.19. The van der Waals surface area contributed by atoms with Gasteiger partial charge in [-0.1, -0.05) is 0 Å². The molecule has 1 aliphatic heterocycles. The van der Waals surface area contributed by atoms with Crippen LogP contribution < -0.4 is 5.32 Å². The summed E-state index contributed by atoms with van der Waals surface area (Å²) < 4.78 is 23.4. The van der Waals surface area contributed by atoms with E-state index < -0.39 is 41.3 Å². The topological polar surface area (TPSA) is 84.9 Å². The Morgan fingerprint density at radius 2 is 1.79 bits per heavy atom. The lowest BCUT2D eigenvalue weighted by atomic mass is 9.99. The average Bonchev–Trinajstić information content (AvgIpc) is 2.76. The van der Waals surface area contributed by atoms with E-state index in [-0.39, 0.29) is 19.4 Å². The van der Waals surface area contributed by atoms with Gasteiger partial charge in [0.05, 0.1) is 13.7 Å². The van der Waals surface area contributed by atoms with Crippen LogP contribution in [0, 0.1) is 0 Å². The number of nitrogens with zero attached hydrogens (tertiary/aromatic N) is 1. The minimum Gasteiger partial charge on any atom is -0.467 e. The predicted octanol–water partition coefficient (Wildman–Crippen LogP) is 1.79. The summed E-state index contributed by atoms with van der Waals surface area (Å²) in [5.74, 6) is -1.06. The van der Waals surface area contributed by atoms with Crippen molar-refractivity contribution in [1.82, 2.24) is 10.2 Å². The molecular formula is C16H27FN2O5. The summed E-state index contributed by atoms with van der Waals surface area (Å²) in [5.41, 5.74) is -1.56. The molecule has 0 aromatic heterocycles. The van der Waals surface area contributed by atoms with Crippen LogP contribution in [0.3, 0.4) is 0 Å². The van der Waals surface area contributed by atoms with Gasteiger partial charge in [0.25, 0.3) is 0 Å². The summed E-state index contributed by atoms with van der Waals surface area (Å²) >= 11 is 0. The van der Waals surface area contributed by atoms with Crippen LogP contribution in [-0.2, 0) is 19.1 Å². The number of halogens is 1. The van der Waals surface area contributed by atoms with Gasteiger partial charge >= 0.3 is 12.1 Å². The number of alkyl carbamates (subject to hydrolysis) is 1. The number of hydrogen-bond acceptors (Lipinski definition) is 5. The van der Waals surface area contributed by atoms with Crippen molar-refractivity contribution in [2.45, 2.75) is 70.8 Å².